The van der Waals surface area contributed by atoms with Crippen molar-refractivity contribution >= 4 is 34.7 Å². The lowest BCUT2D eigenvalue weighted by atomic mass is 10.0. The van der Waals surface area contributed by atoms with Gasteiger partial charge in [0.2, 0.25) is 0 Å². The lowest BCUT2D eigenvalue weighted by molar-refractivity contribution is -0.274. The summed E-state index contributed by atoms with van der Waals surface area (Å²) in [4.78, 5) is 27.1. The number of rotatable bonds is 8. The van der Waals surface area contributed by atoms with Crippen LogP contribution in [0.5, 0.6) is 5.75 Å². The molecule has 0 radical (unpaired) electrons. The van der Waals surface area contributed by atoms with Gasteiger partial charge in [-0.25, -0.2) is 0 Å². The Labute approximate surface area is 181 Å². The zero-order chi connectivity index (χ0) is 22.6. The summed E-state index contributed by atoms with van der Waals surface area (Å²) in [5.74, 6) is -1.57. The van der Waals surface area contributed by atoms with Gasteiger partial charge in [-0.1, -0.05) is 29.8 Å². The summed E-state index contributed by atoms with van der Waals surface area (Å²) in [6.45, 7) is 0.484. The third-order valence-corrected chi connectivity index (χ3v) is 4.62. The van der Waals surface area contributed by atoms with Gasteiger partial charge < -0.3 is 14.8 Å². The van der Waals surface area contributed by atoms with Gasteiger partial charge in [0, 0.05) is 37.0 Å². The Hall–Kier alpha value is -3.04. The molecule has 2 amide bonds. The maximum absolute atomic E-state index is 13.0. The van der Waals surface area contributed by atoms with E-state index in [0.717, 1.165) is 17.0 Å². The third-order valence-electron chi connectivity index (χ3n) is 4.37. The molecule has 0 spiro atoms. The molecule has 1 aliphatic rings. The number of ether oxygens (including phenoxy) is 2. The maximum atomic E-state index is 13.0. The van der Waals surface area contributed by atoms with Crippen LogP contribution in [0, 0.1) is 0 Å². The molecule has 10 heteroatoms. The van der Waals surface area contributed by atoms with Crippen LogP contribution in [0.4, 0.5) is 18.9 Å². The van der Waals surface area contributed by atoms with Crippen molar-refractivity contribution in [2.45, 2.75) is 12.8 Å². The highest BCUT2D eigenvalue weighted by atomic mass is 35.5. The number of benzene rings is 2. The smallest absolute Gasteiger partial charge is 0.406 e. The molecule has 0 unspecified atom stereocenters. The highest BCUT2D eigenvalue weighted by molar-refractivity contribution is 6.36. The molecule has 6 nitrogen and oxygen atoms in total. The van der Waals surface area contributed by atoms with Gasteiger partial charge in [0.15, 0.2) is 0 Å². The second-order valence-electron chi connectivity index (χ2n) is 6.57. The van der Waals surface area contributed by atoms with Crippen molar-refractivity contribution in [3.63, 3.8) is 0 Å². The molecule has 31 heavy (non-hydrogen) atoms. The van der Waals surface area contributed by atoms with Gasteiger partial charge in [0.1, 0.15) is 11.4 Å². The predicted octanol–water partition coefficient (Wildman–Crippen LogP) is 4.47. The standard InChI is InChI=1S/C21H18ClF3N2O4/c1-30-11-3-10-27-19(28)17(13-6-8-14(22)9-7-13)18(20(27)29)26-15-4-2-5-16(12-15)31-21(23,24)25/h2,4-9,12,26H,3,10-11H2,1H3. The zero-order valence-electron chi connectivity index (χ0n) is 16.3. The summed E-state index contributed by atoms with van der Waals surface area (Å²) in [6.07, 6.45) is -4.42. The van der Waals surface area contributed by atoms with Crippen LogP contribution >= 0.6 is 11.6 Å². The first-order chi connectivity index (χ1) is 14.7. The Morgan fingerprint density at radius 1 is 1.06 bits per heavy atom. The Balaban J connectivity index is 1.96. The molecule has 2 aromatic rings. The number of hydrogen-bond donors (Lipinski definition) is 1. The van der Waals surface area contributed by atoms with E-state index in [0.29, 0.717) is 23.6 Å². The number of carbonyl (C=O) groups is 2. The van der Waals surface area contributed by atoms with Crippen molar-refractivity contribution < 1.29 is 32.2 Å². The molecule has 0 saturated heterocycles. The zero-order valence-corrected chi connectivity index (χ0v) is 17.1. The number of alkyl halides is 3. The maximum Gasteiger partial charge on any atom is 0.573 e. The van der Waals surface area contributed by atoms with Crippen molar-refractivity contribution in [3.8, 4) is 5.75 Å². The summed E-state index contributed by atoms with van der Waals surface area (Å²) >= 11 is 5.92. The number of nitrogens with zero attached hydrogens (tertiary/aromatic N) is 1. The fourth-order valence-electron chi connectivity index (χ4n) is 3.06. The second-order valence-corrected chi connectivity index (χ2v) is 7.00. The van der Waals surface area contributed by atoms with Crippen LogP contribution in [0.15, 0.2) is 54.2 Å². The SMILES string of the molecule is COCCCN1C(=O)C(Nc2cccc(OC(F)(F)F)c2)=C(c2ccc(Cl)cc2)C1=O. The highest BCUT2D eigenvalue weighted by Crippen LogP contribution is 2.32. The van der Waals surface area contributed by atoms with Crippen LogP contribution in [-0.4, -0.2) is 43.3 Å². The summed E-state index contributed by atoms with van der Waals surface area (Å²) in [5.41, 5.74) is 0.653. The van der Waals surface area contributed by atoms with Crippen LogP contribution < -0.4 is 10.1 Å². The molecule has 2 aromatic carbocycles. The highest BCUT2D eigenvalue weighted by Gasteiger charge is 2.39. The molecule has 164 valence electrons. The molecule has 1 aliphatic heterocycles. The van der Waals surface area contributed by atoms with E-state index < -0.39 is 23.9 Å². The third kappa shape index (κ3) is 5.56. The fraction of sp³-hybridized carbons (Fsp3) is 0.238. The van der Waals surface area contributed by atoms with E-state index in [9.17, 15) is 22.8 Å². The molecule has 1 heterocycles. The molecule has 0 bridgehead atoms. The molecule has 1 N–H and O–H groups in total. The molecule has 3 rings (SSSR count). The number of hydrogen-bond acceptors (Lipinski definition) is 5. The number of amides is 2. The normalized spacial score (nSPS) is 14.4. The summed E-state index contributed by atoms with van der Waals surface area (Å²) < 4.78 is 46.5. The fourth-order valence-corrected chi connectivity index (χ4v) is 3.19. The minimum atomic E-state index is -4.86. The van der Waals surface area contributed by atoms with Crippen molar-refractivity contribution in [2.75, 3.05) is 25.6 Å². The molecule has 0 atom stereocenters. The Morgan fingerprint density at radius 3 is 2.42 bits per heavy atom. The van der Waals surface area contributed by atoms with E-state index in [4.69, 9.17) is 16.3 Å². The first-order valence-corrected chi connectivity index (χ1v) is 9.55. The Bertz CT molecular complexity index is 1010. The van der Waals surface area contributed by atoms with E-state index in [2.05, 4.69) is 10.1 Å². The van der Waals surface area contributed by atoms with Crippen molar-refractivity contribution in [3.05, 3.63) is 64.8 Å². The van der Waals surface area contributed by atoms with Crippen LogP contribution in [0.25, 0.3) is 5.57 Å². The monoisotopic (exact) mass is 454 g/mol. The Morgan fingerprint density at radius 2 is 1.77 bits per heavy atom. The largest absolute Gasteiger partial charge is 0.573 e. The minimum absolute atomic E-state index is 0.0473. The molecule has 0 aromatic heterocycles. The van der Waals surface area contributed by atoms with Crippen LogP contribution in [0.2, 0.25) is 5.02 Å². The number of carbonyl (C=O) groups excluding carboxylic acids is 2. The van der Waals surface area contributed by atoms with Gasteiger partial charge in [0.05, 0.1) is 5.57 Å². The van der Waals surface area contributed by atoms with E-state index in [1.165, 1.54) is 19.2 Å². The van der Waals surface area contributed by atoms with E-state index in [1.54, 1.807) is 24.3 Å². The van der Waals surface area contributed by atoms with Gasteiger partial charge >= 0.3 is 6.36 Å². The van der Waals surface area contributed by atoms with Crippen molar-refractivity contribution in [2.24, 2.45) is 0 Å². The van der Waals surface area contributed by atoms with Crippen LogP contribution in [0.1, 0.15) is 12.0 Å². The lowest BCUT2D eigenvalue weighted by Crippen LogP contribution is -2.33. The summed E-state index contributed by atoms with van der Waals surface area (Å²) in [5, 5.41) is 3.24. The van der Waals surface area contributed by atoms with Gasteiger partial charge in [0.25, 0.3) is 11.8 Å². The molecule has 0 fully saturated rings. The van der Waals surface area contributed by atoms with E-state index in [-0.39, 0.29) is 23.5 Å². The minimum Gasteiger partial charge on any atom is -0.406 e. The Kier molecular flexibility index (Phi) is 6.87. The van der Waals surface area contributed by atoms with Gasteiger partial charge in [-0.15, -0.1) is 13.2 Å². The average Bonchev–Trinajstić information content (AvgIpc) is 2.92. The molecule has 0 saturated carbocycles. The summed E-state index contributed by atoms with van der Waals surface area (Å²) in [6, 6.07) is 11.3. The number of methoxy groups -OCH3 is 1. The first-order valence-electron chi connectivity index (χ1n) is 9.18. The number of halogens is 4. The summed E-state index contributed by atoms with van der Waals surface area (Å²) in [7, 11) is 1.51. The van der Waals surface area contributed by atoms with Crippen LogP contribution in [0.3, 0.4) is 0 Å². The first kappa shape index (κ1) is 22.6. The number of nitrogens with one attached hydrogen (secondary N) is 1. The van der Waals surface area contributed by atoms with Gasteiger partial charge in [-0.05, 0) is 36.2 Å². The quantitative estimate of drug-likeness (QED) is 0.471. The molecular formula is C21H18ClF3N2O4. The van der Waals surface area contributed by atoms with Gasteiger partial charge in [-0.2, -0.15) is 0 Å². The van der Waals surface area contributed by atoms with Crippen LogP contribution in [-0.2, 0) is 14.3 Å². The number of anilines is 1. The molecular weight excluding hydrogens is 437 g/mol. The topological polar surface area (TPSA) is 67.9 Å². The second kappa shape index (κ2) is 9.40. The predicted molar refractivity (Wildman–Crippen MR) is 108 cm³/mol. The lowest BCUT2D eigenvalue weighted by Gasteiger charge is -2.15. The van der Waals surface area contributed by atoms with Gasteiger partial charge in [-0.3, -0.25) is 14.5 Å². The van der Waals surface area contributed by atoms with Crippen molar-refractivity contribution in [1.29, 1.82) is 0 Å². The number of imide groups is 1. The average molecular weight is 455 g/mol. The molecule has 0 aliphatic carbocycles. The van der Waals surface area contributed by atoms with Crippen molar-refractivity contribution in [1.82, 2.24) is 4.90 Å². The van der Waals surface area contributed by atoms with E-state index in [1.807, 2.05) is 0 Å². The van der Waals surface area contributed by atoms with E-state index >= 15 is 0 Å².